The van der Waals surface area contributed by atoms with Crippen LogP contribution in [0.2, 0.25) is 0 Å². The molecule has 1 aromatic heterocycles. The maximum Gasteiger partial charge on any atom is 0.272 e. The number of hydrogen-bond acceptors (Lipinski definition) is 3. The summed E-state index contributed by atoms with van der Waals surface area (Å²) in [6, 6.07) is 7.30. The summed E-state index contributed by atoms with van der Waals surface area (Å²) in [7, 11) is 0. The van der Waals surface area contributed by atoms with E-state index in [-0.39, 0.29) is 18.1 Å². The second-order valence-corrected chi connectivity index (χ2v) is 8.77. The Bertz CT molecular complexity index is 873. The number of hydrogen-bond donors (Lipinski definition) is 0. The number of alkyl halides is 1. The van der Waals surface area contributed by atoms with Crippen molar-refractivity contribution in [2.75, 3.05) is 19.7 Å². The first-order chi connectivity index (χ1) is 13.9. The molecule has 2 aromatic rings. The van der Waals surface area contributed by atoms with Crippen LogP contribution < -0.4 is 0 Å². The Morgan fingerprint density at radius 1 is 1.31 bits per heavy atom. The van der Waals surface area contributed by atoms with Gasteiger partial charge in [-0.25, -0.2) is 9.37 Å². The van der Waals surface area contributed by atoms with Crippen LogP contribution in [-0.2, 0) is 10.4 Å². The molecule has 0 N–H and O–H groups in total. The molecular weight excluding hydrogens is 369 g/mol. The van der Waals surface area contributed by atoms with E-state index in [2.05, 4.69) is 4.98 Å². The highest BCUT2D eigenvalue weighted by Gasteiger charge is 2.35. The van der Waals surface area contributed by atoms with Gasteiger partial charge in [0.1, 0.15) is 11.4 Å². The number of imidazole rings is 1. The highest BCUT2D eigenvalue weighted by Crippen LogP contribution is 2.34. The summed E-state index contributed by atoms with van der Waals surface area (Å²) in [5.41, 5.74) is 0.575. The average Bonchev–Trinajstić information content (AvgIpc) is 3.21. The number of aromatic nitrogens is 2. The maximum atomic E-state index is 14.8. The quantitative estimate of drug-likeness (QED) is 0.768. The number of benzene rings is 1. The van der Waals surface area contributed by atoms with Crippen molar-refractivity contribution in [1.29, 1.82) is 0 Å². The van der Waals surface area contributed by atoms with E-state index in [4.69, 9.17) is 4.74 Å². The number of carbonyl (C=O) groups is 1. The van der Waals surface area contributed by atoms with Gasteiger partial charge in [0.2, 0.25) is 0 Å². The van der Waals surface area contributed by atoms with E-state index in [0.29, 0.717) is 23.7 Å². The van der Waals surface area contributed by atoms with Gasteiger partial charge in [-0.2, -0.15) is 0 Å². The average molecular weight is 400 g/mol. The number of rotatable bonds is 4. The van der Waals surface area contributed by atoms with E-state index < -0.39 is 5.67 Å². The molecule has 2 saturated heterocycles. The topological polar surface area (TPSA) is 47.4 Å². The molecule has 1 aromatic carbocycles. The van der Waals surface area contributed by atoms with Gasteiger partial charge in [-0.15, -0.1) is 0 Å². The third kappa shape index (κ3) is 3.95. The van der Waals surface area contributed by atoms with Crippen molar-refractivity contribution in [3.05, 3.63) is 53.6 Å². The largest absolute Gasteiger partial charge is 0.376 e. The lowest BCUT2D eigenvalue weighted by Crippen LogP contribution is -2.49. The van der Waals surface area contributed by atoms with Crippen molar-refractivity contribution in [3.63, 3.8) is 0 Å². The van der Waals surface area contributed by atoms with Crippen molar-refractivity contribution >= 4 is 5.91 Å². The molecule has 29 heavy (non-hydrogen) atoms. The Morgan fingerprint density at radius 3 is 2.90 bits per heavy atom. The summed E-state index contributed by atoms with van der Waals surface area (Å²) < 4.78 is 22.6. The van der Waals surface area contributed by atoms with Crippen molar-refractivity contribution in [3.8, 4) is 0 Å². The number of ether oxygens (including phenoxy) is 1. The molecule has 3 atom stereocenters. The molecule has 4 rings (SSSR count). The number of nitrogens with zero attached hydrogens (tertiary/aromatic N) is 3. The van der Waals surface area contributed by atoms with Crippen molar-refractivity contribution in [2.45, 2.75) is 57.8 Å². The standard InChI is InChI=1S/C23H30FN3O2/c1-16(18-8-4-5-9-19(18)23(2,3)24)27-15-25-13-20(27)22(28)26-11-10-17-7-6-12-29-21(17)14-26/h4-5,8-9,13,15-17,21H,6-7,10-12,14H2,1-3H3/t16-,17?,21+/m0/s1. The van der Waals surface area contributed by atoms with Gasteiger partial charge >= 0.3 is 0 Å². The predicted octanol–water partition coefficient (Wildman–Crippen LogP) is 4.34. The van der Waals surface area contributed by atoms with Crippen molar-refractivity contribution in [1.82, 2.24) is 14.5 Å². The monoisotopic (exact) mass is 399 g/mol. The lowest BCUT2D eigenvalue weighted by atomic mass is 9.87. The number of amides is 1. The summed E-state index contributed by atoms with van der Waals surface area (Å²) in [6.45, 7) is 7.28. The fourth-order valence-electron chi connectivity index (χ4n) is 4.74. The van der Waals surface area contributed by atoms with Gasteiger partial charge in [-0.1, -0.05) is 24.3 Å². The van der Waals surface area contributed by atoms with Gasteiger partial charge < -0.3 is 14.2 Å². The zero-order valence-corrected chi connectivity index (χ0v) is 17.5. The number of piperidine rings is 1. The number of likely N-dealkylation sites (tertiary alicyclic amines) is 1. The van der Waals surface area contributed by atoms with Crippen LogP contribution in [-0.4, -0.2) is 46.2 Å². The van der Waals surface area contributed by atoms with Crippen molar-refractivity contribution < 1.29 is 13.9 Å². The third-order valence-electron chi connectivity index (χ3n) is 6.39. The van der Waals surface area contributed by atoms with E-state index in [9.17, 15) is 9.18 Å². The number of fused-ring (bicyclic) bond motifs is 1. The molecule has 3 heterocycles. The minimum Gasteiger partial charge on any atom is -0.376 e. The van der Waals surface area contributed by atoms with Crippen LogP contribution in [0.4, 0.5) is 4.39 Å². The van der Waals surface area contributed by atoms with E-state index in [1.54, 1.807) is 26.4 Å². The van der Waals surface area contributed by atoms with Crippen LogP contribution in [0.25, 0.3) is 0 Å². The maximum absolute atomic E-state index is 14.8. The smallest absolute Gasteiger partial charge is 0.272 e. The van der Waals surface area contributed by atoms with Crippen LogP contribution in [0, 0.1) is 5.92 Å². The minimum absolute atomic E-state index is 0.0287. The number of carbonyl (C=O) groups excluding carboxylic acids is 1. The molecule has 0 aliphatic carbocycles. The van der Waals surface area contributed by atoms with Gasteiger partial charge in [0.05, 0.1) is 24.7 Å². The first-order valence-electron chi connectivity index (χ1n) is 10.6. The predicted molar refractivity (Wildman–Crippen MR) is 110 cm³/mol. The lowest BCUT2D eigenvalue weighted by Gasteiger charge is -2.41. The lowest BCUT2D eigenvalue weighted by molar-refractivity contribution is -0.0629. The summed E-state index contributed by atoms with van der Waals surface area (Å²) >= 11 is 0. The Labute approximate surface area is 171 Å². The molecule has 1 amide bonds. The van der Waals surface area contributed by atoms with E-state index in [1.807, 2.05) is 40.7 Å². The second kappa shape index (κ2) is 7.90. The number of halogens is 1. The molecule has 2 fully saturated rings. The second-order valence-electron chi connectivity index (χ2n) is 8.77. The van der Waals surface area contributed by atoms with E-state index in [0.717, 1.165) is 31.6 Å². The molecule has 0 spiro atoms. The Kier molecular flexibility index (Phi) is 5.47. The Hall–Kier alpha value is -2.21. The SMILES string of the molecule is C[C@@H](c1ccccc1C(C)(C)F)n1cncc1C(=O)N1CCC2CCCO[C@@H]2C1. The first kappa shape index (κ1) is 20.1. The van der Waals surface area contributed by atoms with Gasteiger partial charge in [0.25, 0.3) is 5.91 Å². The molecule has 2 aliphatic rings. The van der Waals surface area contributed by atoms with Crippen LogP contribution in [0.3, 0.4) is 0 Å². The summed E-state index contributed by atoms with van der Waals surface area (Å²) in [6.07, 6.45) is 6.73. The van der Waals surface area contributed by atoms with Crippen LogP contribution >= 0.6 is 0 Å². The molecule has 6 heteroatoms. The zero-order valence-electron chi connectivity index (χ0n) is 17.5. The highest BCUT2D eigenvalue weighted by molar-refractivity contribution is 5.92. The molecule has 1 unspecified atom stereocenters. The van der Waals surface area contributed by atoms with E-state index >= 15 is 0 Å². The highest BCUT2D eigenvalue weighted by atomic mass is 19.1. The molecule has 0 bridgehead atoms. The Morgan fingerprint density at radius 2 is 2.10 bits per heavy atom. The molecule has 2 aliphatic heterocycles. The van der Waals surface area contributed by atoms with Gasteiger partial charge in [0.15, 0.2) is 0 Å². The van der Waals surface area contributed by atoms with Gasteiger partial charge in [-0.05, 0) is 57.1 Å². The van der Waals surface area contributed by atoms with E-state index in [1.165, 1.54) is 6.42 Å². The summed E-state index contributed by atoms with van der Waals surface area (Å²) in [4.78, 5) is 19.4. The molecular formula is C23H30FN3O2. The first-order valence-corrected chi connectivity index (χ1v) is 10.6. The molecule has 0 saturated carbocycles. The van der Waals surface area contributed by atoms with Crippen LogP contribution in [0.15, 0.2) is 36.8 Å². The minimum atomic E-state index is -1.46. The Balaban J connectivity index is 1.58. The zero-order chi connectivity index (χ0) is 20.6. The van der Waals surface area contributed by atoms with Gasteiger partial charge in [0, 0.05) is 19.7 Å². The fourth-order valence-corrected chi connectivity index (χ4v) is 4.74. The van der Waals surface area contributed by atoms with Crippen LogP contribution in [0.1, 0.15) is 67.7 Å². The fraction of sp³-hybridized carbons (Fsp3) is 0.565. The molecule has 0 radical (unpaired) electrons. The molecule has 156 valence electrons. The van der Waals surface area contributed by atoms with Crippen LogP contribution in [0.5, 0.6) is 0 Å². The summed E-state index contributed by atoms with van der Waals surface area (Å²) in [5.74, 6) is 0.536. The molecule has 5 nitrogen and oxygen atoms in total. The third-order valence-corrected chi connectivity index (χ3v) is 6.39. The summed E-state index contributed by atoms with van der Waals surface area (Å²) in [5, 5.41) is 0. The normalized spacial score (nSPS) is 23.5. The van der Waals surface area contributed by atoms with Gasteiger partial charge in [-0.3, -0.25) is 4.79 Å². The van der Waals surface area contributed by atoms with Crippen molar-refractivity contribution in [2.24, 2.45) is 5.92 Å².